The summed E-state index contributed by atoms with van der Waals surface area (Å²) in [6.45, 7) is 0.509. The summed E-state index contributed by atoms with van der Waals surface area (Å²) in [6, 6.07) is 3.45. The van der Waals surface area contributed by atoms with E-state index in [1.165, 1.54) is 0 Å². The van der Waals surface area contributed by atoms with E-state index in [9.17, 15) is 4.21 Å². The molecule has 0 bridgehead atoms. The first kappa shape index (κ1) is 11.1. The molecule has 0 aliphatic carbocycles. The summed E-state index contributed by atoms with van der Waals surface area (Å²) in [7, 11) is 0.671. The third-order valence-corrected chi connectivity index (χ3v) is 2.90. The van der Waals surface area contributed by atoms with Gasteiger partial charge in [0.25, 0.3) is 0 Å². The molecule has 1 aromatic heterocycles. The molecule has 1 heterocycles. The Morgan fingerprint density at radius 3 is 3.07 bits per heavy atom. The molecule has 0 amide bonds. The number of hydrogen-bond donors (Lipinski definition) is 1. The molecule has 5 heteroatoms. The van der Waals surface area contributed by atoms with E-state index in [0.717, 1.165) is 5.69 Å². The van der Waals surface area contributed by atoms with Crippen LogP contribution in [0.25, 0.3) is 0 Å². The average molecular weight is 214 g/mol. The lowest BCUT2D eigenvalue weighted by Gasteiger charge is -2.01. The smallest absolute Gasteiger partial charge is 0.0660 e. The highest BCUT2D eigenvalue weighted by Gasteiger charge is 2.02. The number of nitrogen functional groups attached to an aromatic ring is 1. The highest BCUT2D eigenvalue weighted by Crippen LogP contribution is 2.05. The standard InChI is InChI=1S/C9H14N2O2S/c1-13-4-5-14(12)7-9-6-8(10)2-3-11-9/h2-3,6H,4-5,7H2,1H3,(H2,10,11). The highest BCUT2D eigenvalue weighted by atomic mass is 32.2. The van der Waals surface area contributed by atoms with Crippen molar-refractivity contribution in [1.82, 2.24) is 4.98 Å². The van der Waals surface area contributed by atoms with Crippen molar-refractivity contribution < 1.29 is 8.95 Å². The zero-order chi connectivity index (χ0) is 10.4. The molecule has 0 saturated carbocycles. The molecule has 14 heavy (non-hydrogen) atoms. The van der Waals surface area contributed by atoms with Gasteiger partial charge in [-0.2, -0.15) is 0 Å². The number of methoxy groups -OCH3 is 1. The van der Waals surface area contributed by atoms with Gasteiger partial charge in [-0.05, 0) is 12.1 Å². The molecule has 0 aromatic carbocycles. The lowest BCUT2D eigenvalue weighted by molar-refractivity contribution is 0.218. The molecule has 0 fully saturated rings. The Balaban J connectivity index is 2.47. The van der Waals surface area contributed by atoms with Gasteiger partial charge in [0.1, 0.15) is 0 Å². The number of pyridine rings is 1. The van der Waals surface area contributed by atoms with Gasteiger partial charge in [-0.1, -0.05) is 0 Å². The molecule has 0 radical (unpaired) electrons. The van der Waals surface area contributed by atoms with E-state index in [-0.39, 0.29) is 0 Å². The predicted molar refractivity (Wildman–Crippen MR) is 57.2 cm³/mol. The fourth-order valence-corrected chi connectivity index (χ4v) is 1.97. The van der Waals surface area contributed by atoms with Crippen LogP contribution in [-0.4, -0.2) is 28.7 Å². The van der Waals surface area contributed by atoms with Crippen molar-refractivity contribution in [2.75, 3.05) is 25.2 Å². The minimum Gasteiger partial charge on any atom is -0.399 e. The molecule has 1 atom stereocenters. The van der Waals surface area contributed by atoms with E-state index in [0.29, 0.717) is 23.8 Å². The second kappa shape index (κ2) is 5.72. The zero-order valence-corrected chi connectivity index (χ0v) is 8.92. The molecule has 4 nitrogen and oxygen atoms in total. The molecule has 1 aromatic rings. The molecule has 0 aliphatic rings. The second-order valence-electron chi connectivity index (χ2n) is 2.86. The molecule has 0 saturated heterocycles. The lowest BCUT2D eigenvalue weighted by atomic mass is 10.3. The van der Waals surface area contributed by atoms with Crippen LogP contribution < -0.4 is 5.73 Å². The summed E-state index contributed by atoms with van der Waals surface area (Å²) >= 11 is 0. The number of nitrogens with zero attached hydrogens (tertiary/aromatic N) is 1. The van der Waals surface area contributed by atoms with Crippen LogP contribution in [0.4, 0.5) is 5.69 Å². The average Bonchev–Trinajstić information content (AvgIpc) is 2.15. The summed E-state index contributed by atoms with van der Waals surface area (Å²) in [5, 5.41) is 0. The van der Waals surface area contributed by atoms with Gasteiger partial charge in [0.05, 0.1) is 18.1 Å². The van der Waals surface area contributed by atoms with Gasteiger partial charge >= 0.3 is 0 Å². The van der Waals surface area contributed by atoms with Crippen molar-refractivity contribution in [2.24, 2.45) is 0 Å². The van der Waals surface area contributed by atoms with Gasteiger partial charge in [0, 0.05) is 35.5 Å². The van der Waals surface area contributed by atoms with E-state index >= 15 is 0 Å². The SMILES string of the molecule is COCCS(=O)Cc1cc(N)ccn1. The maximum Gasteiger partial charge on any atom is 0.0660 e. The topological polar surface area (TPSA) is 65.2 Å². The molecule has 1 rings (SSSR count). The minimum absolute atomic E-state index is 0.439. The second-order valence-corrected chi connectivity index (χ2v) is 4.44. The van der Waals surface area contributed by atoms with Gasteiger partial charge in [-0.25, -0.2) is 0 Å². The first-order valence-corrected chi connectivity index (χ1v) is 5.75. The number of anilines is 1. The molecule has 2 N–H and O–H groups in total. The predicted octanol–water partition coefficient (Wildman–Crippen LogP) is 0.559. The Bertz CT molecular complexity index is 317. The first-order chi connectivity index (χ1) is 6.72. The third kappa shape index (κ3) is 3.85. The molecule has 0 aliphatic heterocycles. The van der Waals surface area contributed by atoms with Crippen LogP contribution in [0.2, 0.25) is 0 Å². The number of aromatic nitrogens is 1. The van der Waals surface area contributed by atoms with Crippen LogP contribution in [0.5, 0.6) is 0 Å². The Hall–Kier alpha value is -0.940. The van der Waals surface area contributed by atoms with Crippen molar-refractivity contribution in [2.45, 2.75) is 5.75 Å². The Morgan fingerprint density at radius 2 is 2.43 bits per heavy atom. The van der Waals surface area contributed by atoms with Crippen molar-refractivity contribution in [3.63, 3.8) is 0 Å². The quantitative estimate of drug-likeness (QED) is 0.777. The number of ether oxygens (including phenoxy) is 1. The van der Waals surface area contributed by atoms with Crippen LogP contribution in [0, 0.1) is 0 Å². The van der Waals surface area contributed by atoms with E-state index in [1.54, 1.807) is 25.4 Å². The molecular formula is C9H14N2O2S. The van der Waals surface area contributed by atoms with Crippen LogP contribution in [0.15, 0.2) is 18.3 Å². The van der Waals surface area contributed by atoms with Crippen molar-refractivity contribution >= 4 is 16.5 Å². The van der Waals surface area contributed by atoms with E-state index in [2.05, 4.69) is 4.98 Å². The monoisotopic (exact) mass is 214 g/mol. The number of rotatable bonds is 5. The van der Waals surface area contributed by atoms with Gasteiger partial charge in [-0.3, -0.25) is 9.19 Å². The Morgan fingerprint density at radius 1 is 1.64 bits per heavy atom. The lowest BCUT2D eigenvalue weighted by Crippen LogP contribution is -2.07. The normalized spacial score (nSPS) is 12.6. The van der Waals surface area contributed by atoms with E-state index < -0.39 is 10.8 Å². The highest BCUT2D eigenvalue weighted by molar-refractivity contribution is 7.84. The Kier molecular flexibility index (Phi) is 4.55. The zero-order valence-electron chi connectivity index (χ0n) is 8.10. The van der Waals surface area contributed by atoms with Crippen molar-refractivity contribution in [3.8, 4) is 0 Å². The van der Waals surface area contributed by atoms with Gasteiger partial charge < -0.3 is 10.5 Å². The van der Waals surface area contributed by atoms with Crippen LogP contribution in [0.3, 0.4) is 0 Å². The maximum absolute atomic E-state index is 11.4. The molecule has 78 valence electrons. The molecular weight excluding hydrogens is 200 g/mol. The fourth-order valence-electron chi connectivity index (χ4n) is 0.989. The van der Waals surface area contributed by atoms with Gasteiger partial charge in [-0.15, -0.1) is 0 Å². The summed E-state index contributed by atoms with van der Waals surface area (Å²) in [4.78, 5) is 4.07. The van der Waals surface area contributed by atoms with Gasteiger partial charge in [0.2, 0.25) is 0 Å². The maximum atomic E-state index is 11.4. The largest absolute Gasteiger partial charge is 0.399 e. The minimum atomic E-state index is -0.922. The summed E-state index contributed by atoms with van der Waals surface area (Å²) in [6.07, 6.45) is 1.62. The van der Waals surface area contributed by atoms with Crippen LogP contribution in [0.1, 0.15) is 5.69 Å². The number of nitrogens with two attached hydrogens (primary N) is 1. The fraction of sp³-hybridized carbons (Fsp3) is 0.444. The molecule has 0 spiro atoms. The first-order valence-electron chi connectivity index (χ1n) is 4.26. The van der Waals surface area contributed by atoms with Crippen molar-refractivity contribution in [3.05, 3.63) is 24.0 Å². The Labute approximate surface area is 85.9 Å². The summed E-state index contributed by atoms with van der Waals surface area (Å²) in [5.74, 6) is 0.974. The summed E-state index contributed by atoms with van der Waals surface area (Å²) in [5.41, 5.74) is 6.99. The van der Waals surface area contributed by atoms with Gasteiger partial charge in [0.15, 0.2) is 0 Å². The van der Waals surface area contributed by atoms with Crippen LogP contribution in [-0.2, 0) is 21.3 Å². The summed E-state index contributed by atoms with van der Waals surface area (Å²) < 4.78 is 16.3. The van der Waals surface area contributed by atoms with Crippen molar-refractivity contribution in [1.29, 1.82) is 0 Å². The molecule has 1 unspecified atom stereocenters. The van der Waals surface area contributed by atoms with E-state index in [1.807, 2.05) is 0 Å². The van der Waals surface area contributed by atoms with E-state index in [4.69, 9.17) is 10.5 Å². The number of hydrogen-bond acceptors (Lipinski definition) is 4. The van der Waals surface area contributed by atoms with Crippen LogP contribution >= 0.6 is 0 Å². The third-order valence-electron chi connectivity index (χ3n) is 1.66.